The zero-order chi connectivity index (χ0) is 16.6. The van der Waals surface area contributed by atoms with Gasteiger partial charge >= 0.3 is 6.03 Å². The van der Waals surface area contributed by atoms with Gasteiger partial charge in [-0.15, -0.1) is 0 Å². The topological polar surface area (TPSA) is 52.6 Å². The molecule has 1 aliphatic heterocycles. The van der Waals surface area contributed by atoms with Gasteiger partial charge in [0, 0.05) is 25.7 Å². The number of nitrogens with zero attached hydrogens (tertiary/aromatic N) is 2. The summed E-state index contributed by atoms with van der Waals surface area (Å²) in [6.07, 6.45) is 2.41. The molecule has 1 saturated carbocycles. The molecule has 1 aromatic rings. The van der Waals surface area contributed by atoms with Crippen molar-refractivity contribution < 1.29 is 9.59 Å². The molecule has 23 heavy (non-hydrogen) atoms. The van der Waals surface area contributed by atoms with E-state index in [1.54, 1.807) is 13.8 Å². The number of amides is 3. The molecule has 0 radical (unpaired) electrons. The van der Waals surface area contributed by atoms with E-state index in [2.05, 4.69) is 41.4 Å². The van der Waals surface area contributed by atoms with Gasteiger partial charge in [0.05, 0.1) is 0 Å². The lowest BCUT2D eigenvalue weighted by Gasteiger charge is -2.24. The van der Waals surface area contributed by atoms with Gasteiger partial charge in [-0.2, -0.15) is 0 Å². The molecule has 1 saturated heterocycles. The molecule has 1 heterocycles. The summed E-state index contributed by atoms with van der Waals surface area (Å²) in [5.41, 5.74) is 1.76. The van der Waals surface area contributed by atoms with E-state index in [1.165, 1.54) is 28.9 Å². The Bertz CT molecular complexity index is 605. The second-order valence-corrected chi connectivity index (χ2v) is 7.20. The number of aryl methyl sites for hydroxylation is 1. The predicted molar refractivity (Wildman–Crippen MR) is 88.9 cm³/mol. The summed E-state index contributed by atoms with van der Waals surface area (Å²) in [5, 5.41) is 2.74. The van der Waals surface area contributed by atoms with E-state index < -0.39 is 5.54 Å². The molecule has 0 spiro atoms. The van der Waals surface area contributed by atoms with Gasteiger partial charge in [-0.1, -0.05) is 29.8 Å². The zero-order valence-electron chi connectivity index (χ0n) is 14.1. The first-order valence-electron chi connectivity index (χ1n) is 8.30. The Kier molecular flexibility index (Phi) is 4.15. The normalized spacial score (nSPS) is 20.3. The van der Waals surface area contributed by atoms with Crippen LogP contribution in [-0.2, 0) is 11.3 Å². The van der Waals surface area contributed by atoms with E-state index in [1.807, 2.05) is 0 Å². The highest BCUT2D eigenvalue weighted by atomic mass is 16.2. The third kappa shape index (κ3) is 3.55. The molecule has 0 aromatic heterocycles. The van der Waals surface area contributed by atoms with Gasteiger partial charge in [-0.3, -0.25) is 14.6 Å². The molecule has 1 aliphatic carbocycles. The molecule has 2 fully saturated rings. The predicted octanol–water partition coefficient (Wildman–Crippen LogP) is 2.29. The molecule has 2 aliphatic rings. The number of benzene rings is 1. The third-order valence-electron chi connectivity index (χ3n) is 4.62. The Morgan fingerprint density at radius 2 is 1.87 bits per heavy atom. The molecule has 3 rings (SSSR count). The third-order valence-corrected chi connectivity index (χ3v) is 4.62. The fourth-order valence-corrected chi connectivity index (χ4v) is 3.01. The summed E-state index contributed by atoms with van der Waals surface area (Å²) in [4.78, 5) is 28.0. The number of carbonyl (C=O) groups is 2. The van der Waals surface area contributed by atoms with Crippen LogP contribution in [0.4, 0.5) is 4.79 Å². The molecule has 1 aromatic carbocycles. The fraction of sp³-hybridized carbons (Fsp3) is 0.556. The van der Waals surface area contributed by atoms with Crippen LogP contribution in [0, 0.1) is 6.92 Å². The summed E-state index contributed by atoms with van der Waals surface area (Å²) < 4.78 is 0. The first-order valence-corrected chi connectivity index (χ1v) is 8.30. The number of hydrogen-bond donors (Lipinski definition) is 1. The zero-order valence-corrected chi connectivity index (χ0v) is 14.1. The van der Waals surface area contributed by atoms with Crippen molar-refractivity contribution in [2.45, 2.75) is 51.7 Å². The van der Waals surface area contributed by atoms with Gasteiger partial charge in [-0.25, -0.2) is 4.79 Å². The Balaban J connectivity index is 1.61. The summed E-state index contributed by atoms with van der Waals surface area (Å²) in [6, 6.07) is 8.88. The SMILES string of the molecule is Cc1ccc(CN(CCN2C(=O)NC(C)(C)C2=O)C2CC2)cc1. The van der Waals surface area contributed by atoms with Gasteiger partial charge in [0.25, 0.3) is 5.91 Å². The fourth-order valence-electron chi connectivity index (χ4n) is 3.01. The second kappa shape index (κ2) is 5.96. The standard InChI is InChI=1S/C18H25N3O2/c1-13-4-6-14(7-5-13)12-20(15-8-9-15)10-11-21-16(22)18(2,3)19-17(21)23/h4-7,15H,8-12H2,1-3H3,(H,19,23). The summed E-state index contributed by atoms with van der Waals surface area (Å²) in [7, 11) is 0. The highest BCUT2D eigenvalue weighted by molar-refractivity contribution is 6.06. The quantitative estimate of drug-likeness (QED) is 0.820. The summed E-state index contributed by atoms with van der Waals surface area (Å²) in [6.45, 7) is 7.64. The molecule has 0 unspecified atom stereocenters. The minimum atomic E-state index is -0.779. The van der Waals surface area contributed by atoms with Crippen molar-refractivity contribution in [3.63, 3.8) is 0 Å². The number of urea groups is 1. The van der Waals surface area contributed by atoms with Crippen molar-refractivity contribution in [1.29, 1.82) is 0 Å². The lowest BCUT2D eigenvalue weighted by molar-refractivity contribution is -0.130. The molecule has 124 valence electrons. The van der Waals surface area contributed by atoms with Crippen molar-refractivity contribution in [3.05, 3.63) is 35.4 Å². The van der Waals surface area contributed by atoms with Crippen LogP contribution in [0.1, 0.15) is 37.8 Å². The van der Waals surface area contributed by atoms with E-state index in [0.29, 0.717) is 12.6 Å². The van der Waals surface area contributed by atoms with Gasteiger partial charge in [0.15, 0.2) is 0 Å². The van der Waals surface area contributed by atoms with E-state index in [4.69, 9.17) is 0 Å². The van der Waals surface area contributed by atoms with Crippen LogP contribution < -0.4 is 5.32 Å². The van der Waals surface area contributed by atoms with Crippen molar-refractivity contribution in [2.75, 3.05) is 13.1 Å². The van der Waals surface area contributed by atoms with Gasteiger partial charge in [0.2, 0.25) is 0 Å². The number of carbonyl (C=O) groups excluding carboxylic acids is 2. The summed E-state index contributed by atoms with van der Waals surface area (Å²) >= 11 is 0. The number of rotatable bonds is 6. The Morgan fingerprint density at radius 1 is 1.22 bits per heavy atom. The number of hydrogen-bond acceptors (Lipinski definition) is 3. The van der Waals surface area contributed by atoms with Crippen molar-refractivity contribution >= 4 is 11.9 Å². The van der Waals surface area contributed by atoms with Gasteiger partial charge < -0.3 is 5.32 Å². The highest BCUT2D eigenvalue weighted by Gasteiger charge is 2.44. The van der Waals surface area contributed by atoms with Crippen LogP contribution in [0.5, 0.6) is 0 Å². The Hall–Kier alpha value is -1.88. The average molecular weight is 315 g/mol. The smallest absolute Gasteiger partial charge is 0.324 e. The second-order valence-electron chi connectivity index (χ2n) is 7.20. The first-order chi connectivity index (χ1) is 10.9. The maximum atomic E-state index is 12.3. The van der Waals surface area contributed by atoms with E-state index in [-0.39, 0.29) is 11.9 Å². The van der Waals surface area contributed by atoms with Crippen LogP contribution >= 0.6 is 0 Å². The van der Waals surface area contributed by atoms with Crippen LogP contribution in [0.3, 0.4) is 0 Å². The van der Waals surface area contributed by atoms with Crippen molar-refractivity contribution in [1.82, 2.24) is 15.1 Å². The lowest BCUT2D eigenvalue weighted by atomic mass is 10.1. The maximum absolute atomic E-state index is 12.3. The Morgan fingerprint density at radius 3 is 2.39 bits per heavy atom. The maximum Gasteiger partial charge on any atom is 0.325 e. The van der Waals surface area contributed by atoms with Crippen molar-refractivity contribution in [2.24, 2.45) is 0 Å². The van der Waals surface area contributed by atoms with Gasteiger partial charge in [-0.05, 0) is 39.2 Å². The molecule has 0 bridgehead atoms. The number of nitrogens with one attached hydrogen (secondary N) is 1. The monoisotopic (exact) mass is 315 g/mol. The van der Waals surface area contributed by atoms with Gasteiger partial charge in [0.1, 0.15) is 5.54 Å². The lowest BCUT2D eigenvalue weighted by Crippen LogP contribution is -2.42. The largest absolute Gasteiger partial charge is 0.325 e. The molecule has 5 nitrogen and oxygen atoms in total. The average Bonchev–Trinajstić information content (AvgIpc) is 3.29. The minimum Gasteiger partial charge on any atom is -0.324 e. The summed E-state index contributed by atoms with van der Waals surface area (Å²) in [5.74, 6) is -0.131. The molecular weight excluding hydrogens is 290 g/mol. The van der Waals surface area contributed by atoms with Crippen LogP contribution in [0.25, 0.3) is 0 Å². The van der Waals surface area contributed by atoms with E-state index in [0.717, 1.165) is 13.1 Å². The molecule has 0 atom stereocenters. The molecule has 3 amide bonds. The van der Waals surface area contributed by atoms with Crippen LogP contribution in [0.2, 0.25) is 0 Å². The highest BCUT2D eigenvalue weighted by Crippen LogP contribution is 2.28. The first kappa shape index (κ1) is 16.0. The molecule has 5 heteroatoms. The van der Waals surface area contributed by atoms with Crippen LogP contribution in [0.15, 0.2) is 24.3 Å². The molecular formula is C18H25N3O2. The Labute approximate surface area is 137 Å². The molecule has 1 N–H and O–H groups in total. The van der Waals surface area contributed by atoms with Crippen molar-refractivity contribution in [3.8, 4) is 0 Å². The van der Waals surface area contributed by atoms with E-state index >= 15 is 0 Å². The minimum absolute atomic E-state index is 0.131. The van der Waals surface area contributed by atoms with E-state index in [9.17, 15) is 9.59 Å². The van der Waals surface area contributed by atoms with Crippen LogP contribution in [-0.4, -0.2) is 46.4 Å². The number of imide groups is 1.